The van der Waals surface area contributed by atoms with Crippen molar-refractivity contribution in [2.45, 2.75) is 0 Å². The lowest BCUT2D eigenvalue weighted by Crippen LogP contribution is -1.98. The van der Waals surface area contributed by atoms with E-state index in [0.29, 0.717) is 0 Å². The third-order valence-electron chi connectivity index (χ3n) is 5.57. The van der Waals surface area contributed by atoms with Gasteiger partial charge in [0.15, 0.2) is 0 Å². The summed E-state index contributed by atoms with van der Waals surface area (Å²) in [6.07, 6.45) is 0. The number of rotatable bonds is 2. The molecule has 0 fully saturated rings. The van der Waals surface area contributed by atoms with E-state index in [2.05, 4.69) is 114 Å². The van der Waals surface area contributed by atoms with Crippen molar-refractivity contribution < 1.29 is 0 Å². The molecule has 0 spiro atoms. The summed E-state index contributed by atoms with van der Waals surface area (Å²) in [5, 5.41) is 2.39. The molecule has 0 unspecified atom stereocenters. The lowest BCUT2D eigenvalue weighted by Gasteiger charge is -2.17. The Morgan fingerprint density at radius 1 is 0.517 bits per heavy atom. The minimum absolute atomic E-state index is 1.00. The van der Waals surface area contributed by atoms with Crippen LogP contribution in [-0.2, 0) is 0 Å². The third-order valence-corrected chi connectivity index (χ3v) is 5.57. The Labute approximate surface area is 168 Å². The topological polar surface area (TPSA) is 17.3 Å². The van der Waals surface area contributed by atoms with Gasteiger partial charge in [0, 0.05) is 10.9 Å². The molecule has 0 aliphatic carbocycles. The lowest BCUT2D eigenvalue weighted by atomic mass is 9.93. The molecule has 0 atom stereocenters. The fourth-order valence-corrected chi connectivity index (χ4v) is 4.33. The van der Waals surface area contributed by atoms with Crippen LogP contribution in [0.5, 0.6) is 0 Å². The standard InChI is InChI=1S/C27H18N2/c1-3-11-19(12-4-1)25-21-15-7-8-16-22(21)27-28-23-17-9-10-18-24(23)29(27)26(25)20-13-5-2-6-14-20/h1-18H. The van der Waals surface area contributed by atoms with Crippen molar-refractivity contribution in [3.05, 3.63) is 109 Å². The normalized spacial score (nSPS) is 11.4. The molecule has 0 aliphatic heterocycles. The van der Waals surface area contributed by atoms with Crippen LogP contribution in [0.1, 0.15) is 0 Å². The summed E-state index contributed by atoms with van der Waals surface area (Å²) in [5.74, 6) is 0. The number of hydrogen-bond acceptors (Lipinski definition) is 1. The Bertz CT molecular complexity index is 1480. The first-order valence-corrected chi connectivity index (χ1v) is 9.84. The average Bonchev–Trinajstić information content (AvgIpc) is 3.19. The summed E-state index contributed by atoms with van der Waals surface area (Å²) in [6.45, 7) is 0. The number of imidazole rings is 1. The van der Waals surface area contributed by atoms with Gasteiger partial charge in [0.25, 0.3) is 0 Å². The molecule has 0 aliphatic rings. The second-order valence-electron chi connectivity index (χ2n) is 7.26. The molecule has 2 aromatic heterocycles. The number of fused-ring (bicyclic) bond motifs is 5. The molecular formula is C27H18N2. The maximum absolute atomic E-state index is 5.03. The van der Waals surface area contributed by atoms with Gasteiger partial charge in [-0.1, -0.05) is 97.1 Å². The van der Waals surface area contributed by atoms with Gasteiger partial charge in [0.1, 0.15) is 5.65 Å². The first-order chi connectivity index (χ1) is 14.4. The summed E-state index contributed by atoms with van der Waals surface area (Å²) in [6, 6.07) is 38.3. The molecule has 29 heavy (non-hydrogen) atoms. The van der Waals surface area contributed by atoms with Gasteiger partial charge in [-0.05, 0) is 28.6 Å². The van der Waals surface area contributed by atoms with Gasteiger partial charge in [-0.25, -0.2) is 4.98 Å². The number of aromatic nitrogens is 2. The zero-order valence-electron chi connectivity index (χ0n) is 15.8. The van der Waals surface area contributed by atoms with Crippen molar-refractivity contribution in [1.82, 2.24) is 9.38 Å². The molecule has 0 saturated heterocycles. The second kappa shape index (κ2) is 6.32. The highest BCUT2D eigenvalue weighted by Crippen LogP contribution is 2.41. The van der Waals surface area contributed by atoms with Crippen LogP contribution in [0.4, 0.5) is 0 Å². The fraction of sp³-hybridized carbons (Fsp3) is 0. The molecule has 0 saturated carbocycles. The highest BCUT2D eigenvalue weighted by molar-refractivity contribution is 6.10. The van der Waals surface area contributed by atoms with E-state index in [1.807, 2.05) is 0 Å². The van der Waals surface area contributed by atoms with E-state index in [0.717, 1.165) is 16.7 Å². The molecule has 6 aromatic rings. The Kier molecular flexibility index (Phi) is 3.50. The summed E-state index contributed by atoms with van der Waals surface area (Å²) >= 11 is 0. The minimum Gasteiger partial charge on any atom is -0.291 e. The van der Waals surface area contributed by atoms with Crippen molar-refractivity contribution in [1.29, 1.82) is 0 Å². The molecule has 0 amide bonds. The summed E-state index contributed by atoms with van der Waals surface area (Å²) in [5.41, 5.74) is 7.96. The predicted octanol–water partition coefficient (Wildman–Crippen LogP) is 6.97. The van der Waals surface area contributed by atoms with E-state index in [-0.39, 0.29) is 0 Å². The zero-order valence-corrected chi connectivity index (χ0v) is 15.8. The van der Waals surface area contributed by atoms with E-state index in [9.17, 15) is 0 Å². The molecule has 2 heteroatoms. The Balaban J connectivity index is 1.94. The number of nitrogens with zero attached hydrogens (tertiary/aromatic N) is 2. The summed E-state index contributed by atoms with van der Waals surface area (Å²) < 4.78 is 2.33. The van der Waals surface area contributed by atoms with Crippen LogP contribution in [0.2, 0.25) is 0 Å². The van der Waals surface area contributed by atoms with E-state index in [1.54, 1.807) is 0 Å². The van der Waals surface area contributed by atoms with Crippen molar-refractivity contribution in [3.63, 3.8) is 0 Å². The third kappa shape index (κ3) is 2.39. The molecular weight excluding hydrogens is 352 g/mol. The highest BCUT2D eigenvalue weighted by Gasteiger charge is 2.20. The van der Waals surface area contributed by atoms with Crippen molar-refractivity contribution in [2.24, 2.45) is 0 Å². The molecule has 0 N–H and O–H groups in total. The van der Waals surface area contributed by atoms with Gasteiger partial charge in [0.05, 0.1) is 16.7 Å². The van der Waals surface area contributed by atoms with Crippen molar-refractivity contribution in [2.75, 3.05) is 0 Å². The van der Waals surface area contributed by atoms with E-state index in [1.165, 1.54) is 33.2 Å². The van der Waals surface area contributed by atoms with Crippen molar-refractivity contribution >= 4 is 27.5 Å². The summed E-state index contributed by atoms with van der Waals surface area (Å²) in [4.78, 5) is 5.03. The maximum Gasteiger partial charge on any atom is 0.146 e. The molecule has 6 rings (SSSR count). The first kappa shape index (κ1) is 16.1. The smallest absolute Gasteiger partial charge is 0.146 e. The lowest BCUT2D eigenvalue weighted by molar-refractivity contribution is 1.25. The zero-order chi connectivity index (χ0) is 19.2. The number of para-hydroxylation sites is 2. The Morgan fingerprint density at radius 2 is 1.10 bits per heavy atom. The molecule has 0 bridgehead atoms. The SMILES string of the molecule is c1ccc(-c2c(-c3ccccc3)n3c4ccccc4nc3c3ccccc23)cc1. The van der Waals surface area contributed by atoms with Crippen LogP contribution in [0.15, 0.2) is 109 Å². The largest absolute Gasteiger partial charge is 0.291 e. The van der Waals surface area contributed by atoms with Gasteiger partial charge in [0.2, 0.25) is 0 Å². The monoisotopic (exact) mass is 370 g/mol. The quantitative estimate of drug-likeness (QED) is 0.321. The van der Waals surface area contributed by atoms with Gasteiger partial charge in [-0.15, -0.1) is 0 Å². The predicted molar refractivity (Wildman–Crippen MR) is 121 cm³/mol. The van der Waals surface area contributed by atoms with E-state index < -0.39 is 0 Å². The van der Waals surface area contributed by atoms with E-state index >= 15 is 0 Å². The Morgan fingerprint density at radius 3 is 1.86 bits per heavy atom. The van der Waals surface area contributed by atoms with Crippen LogP contribution in [0.25, 0.3) is 49.8 Å². The van der Waals surface area contributed by atoms with Gasteiger partial charge in [-0.3, -0.25) is 4.40 Å². The van der Waals surface area contributed by atoms with Gasteiger partial charge < -0.3 is 0 Å². The molecule has 136 valence electrons. The van der Waals surface area contributed by atoms with Gasteiger partial charge in [-0.2, -0.15) is 0 Å². The number of pyridine rings is 1. The second-order valence-corrected chi connectivity index (χ2v) is 7.26. The Hall–Kier alpha value is -3.91. The molecule has 4 aromatic carbocycles. The molecule has 2 nitrogen and oxygen atoms in total. The minimum atomic E-state index is 1.00. The molecule has 0 radical (unpaired) electrons. The van der Waals surface area contributed by atoms with Gasteiger partial charge >= 0.3 is 0 Å². The number of benzene rings is 4. The molecule has 2 heterocycles. The van der Waals surface area contributed by atoms with Crippen LogP contribution >= 0.6 is 0 Å². The van der Waals surface area contributed by atoms with E-state index in [4.69, 9.17) is 4.98 Å². The van der Waals surface area contributed by atoms with Crippen LogP contribution < -0.4 is 0 Å². The van der Waals surface area contributed by atoms with Crippen LogP contribution in [-0.4, -0.2) is 9.38 Å². The van der Waals surface area contributed by atoms with Crippen LogP contribution in [0, 0.1) is 0 Å². The summed E-state index contributed by atoms with van der Waals surface area (Å²) in [7, 11) is 0. The first-order valence-electron chi connectivity index (χ1n) is 9.84. The van der Waals surface area contributed by atoms with Crippen molar-refractivity contribution in [3.8, 4) is 22.4 Å². The average molecular weight is 370 g/mol. The highest BCUT2D eigenvalue weighted by atomic mass is 15.0. The number of hydrogen-bond donors (Lipinski definition) is 0. The fourth-order valence-electron chi connectivity index (χ4n) is 4.33. The van der Waals surface area contributed by atoms with Crippen LogP contribution in [0.3, 0.4) is 0 Å². The maximum atomic E-state index is 5.03.